The summed E-state index contributed by atoms with van der Waals surface area (Å²) in [6.45, 7) is 6.29. The van der Waals surface area contributed by atoms with Crippen molar-refractivity contribution < 1.29 is 4.79 Å². The van der Waals surface area contributed by atoms with E-state index in [0.717, 1.165) is 37.3 Å². The third-order valence-corrected chi connectivity index (χ3v) is 6.73. The van der Waals surface area contributed by atoms with Gasteiger partial charge >= 0.3 is 6.03 Å². The summed E-state index contributed by atoms with van der Waals surface area (Å²) in [6.07, 6.45) is 3.81. The van der Waals surface area contributed by atoms with E-state index in [4.69, 9.17) is 28.9 Å². The molecule has 31 heavy (non-hydrogen) atoms. The Kier molecular flexibility index (Phi) is 6.84. The quantitative estimate of drug-likeness (QED) is 0.734. The number of aromatic nitrogens is 2. The first-order chi connectivity index (χ1) is 15.0. The van der Waals surface area contributed by atoms with Gasteiger partial charge in [0.2, 0.25) is 0 Å². The van der Waals surface area contributed by atoms with Crippen molar-refractivity contribution in [3.63, 3.8) is 0 Å². The predicted molar refractivity (Wildman–Crippen MR) is 124 cm³/mol. The van der Waals surface area contributed by atoms with Crippen LogP contribution in [-0.2, 0) is 13.0 Å². The number of benzene rings is 1. The molecular weight excluding hydrogens is 435 g/mol. The van der Waals surface area contributed by atoms with Crippen molar-refractivity contribution in [2.45, 2.75) is 32.2 Å². The van der Waals surface area contributed by atoms with Gasteiger partial charge in [0, 0.05) is 67.1 Å². The van der Waals surface area contributed by atoms with Gasteiger partial charge in [0.25, 0.3) is 0 Å². The summed E-state index contributed by atoms with van der Waals surface area (Å²) in [5.74, 6) is 1.52. The van der Waals surface area contributed by atoms with E-state index in [9.17, 15) is 4.79 Å². The van der Waals surface area contributed by atoms with Gasteiger partial charge in [-0.05, 0) is 36.5 Å². The molecule has 4 rings (SSSR count). The lowest BCUT2D eigenvalue weighted by molar-refractivity contribution is 0.148. The molecule has 1 aromatic heterocycles. The molecule has 7 nitrogen and oxygen atoms in total. The maximum absolute atomic E-state index is 13.2. The molecule has 2 amide bonds. The van der Waals surface area contributed by atoms with Crippen molar-refractivity contribution in [1.82, 2.24) is 19.8 Å². The zero-order chi connectivity index (χ0) is 22.0. The van der Waals surface area contributed by atoms with Crippen LogP contribution in [0.25, 0.3) is 0 Å². The lowest BCUT2D eigenvalue weighted by atomic mass is 10.1. The highest BCUT2D eigenvalue weighted by atomic mass is 35.5. The second kappa shape index (κ2) is 9.59. The minimum absolute atomic E-state index is 0.0163. The van der Waals surface area contributed by atoms with Crippen LogP contribution in [0, 0.1) is 0 Å². The van der Waals surface area contributed by atoms with Crippen LogP contribution in [0.3, 0.4) is 0 Å². The zero-order valence-corrected chi connectivity index (χ0v) is 19.2. The second-order valence-electron chi connectivity index (χ2n) is 8.20. The zero-order valence-electron chi connectivity index (χ0n) is 17.7. The average Bonchev–Trinajstić information content (AvgIpc) is 3.16. The van der Waals surface area contributed by atoms with Crippen molar-refractivity contribution in [3.8, 4) is 0 Å². The molecule has 9 heteroatoms. The van der Waals surface area contributed by atoms with Crippen molar-refractivity contribution >= 4 is 35.1 Å². The predicted octanol–water partition coefficient (Wildman–Crippen LogP) is 3.54. The van der Waals surface area contributed by atoms with Gasteiger partial charge in [-0.25, -0.2) is 14.8 Å². The average molecular weight is 463 g/mol. The molecule has 2 heterocycles. The van der Waals surface area contributed by atoms with E-state index in [-0.39, 0.29) is 6.03 Å². The standard InChI is InChI=1S/C22H28Cl2N6O/c1-15-2-5-19-20(15)21(27-14-26-19)28-8-10-29(11-9-28)22(31)30(7-6-25)13-16-3-4-17(23)12-18(16)24/h3-4,12,14-15H,2,5-11,13,25H2,1H3. The minimum Gasteiger partial charge on any atom is -0.353 e. The molecule has 1 fully saturated rings. The smallest absolute Gasteiger partial charge is 0.320 e. The summed E-state index contributed by atoms with van der Waals surface area (Å²) in [5.41, 5.74) is 9.10. The first-order valence-corrected chi connectivity index (χ1v) is 11.5. The van der Waals surface area contributed by atoms with Crippen molar-refractivity contribution in [2.24, 2.45) is 5.73 Å². The van der Waals surface area contributed by atoms with E-state index in [1.54, 1.807) is 23.4 Å². The molecule has 1 saturated heterocycles. The molecule has 1 aliphatic heterocycles. The number of hydrogen-bond donors (Lipinski definition) is 1. The van der Waals surface area contributed by atoms with Gasteiger partial charge in [-0.1, -0.05) is 36.2 Å². The van der Waals surface area contributed by atoms with Crippen LogP contribution in [-0.4, -0.2) is 65.1 Å². The SMILES string of the molecule is CC1CCc2ncnc(N3CCN(C(=O)N(CCN)Cc4ccc(Cl)cc4Cl)CC3)c21. The van der Waals surface area contributed by atoms with E-state index in [2.05, 4.69) is 21.8 Å². The first kappa shape index (κ1) is 22.1. The van der Waals surface area contributed by atoms with Crippen molar-refractivity contribution in [3.05, 3.63) is 51.4 Å². The summed E-state index contributed by atoms with van der Waals surface area (Å²) in [6, 6.07) is 5.32. The Bertz CT molecular complexity index is 948. The number of nitrogens with two attached hydrogens (primary N) is 1. The number of carbonyl (C=O) groups excluding carboxylic acids is 1. The number of fused-ring (bicyclic) bond motifs is 1. The van der Waals surface area contributed by atoms with Gasteiger partial charge in [-0.15, -0.1) is 0 Å². The normalized spacial score (nSPS) is 18.3. The van der Waals surface area contributed by atoms with Crippen LogP contribution in [0.2, 0.25) is 10.0 Å². The Labute approximate surface area is 193 Å². The fourth-order valence-corrected chi connectivity index (χ4v) is 4.91. The van der Waals surface area contributed by atoms with E-state index in [1.165, 1.54) is 11.3 Å². The molecule has 0 radical (unpaired) electrons. The van der Waals surface area contributed by atoms with Crippen LogP contribution >= 0.6 is 23.2 Å². The largest absolute Gasteiger partial charge is 0.353 e. The number of anilines is 1. The van der Waals surface area contributed by atoms with Crippen LogP contribution in [0.1, 0.15) is 36.1 Å². The maximum Gasteiger partial charge on any atom is 0.320 e. The minimum atomic E-state index is -0.0163. The molecule has 0 spiro atoms. The molecular formula is C22H28Cl2N6O. The van der Waals surface area contributed by atoms with Crippen LogP contribution in [0.15, 0.2) is 24.5 Å². The Hall–Kier alpha value is -2.09. The summed E-state index contributed by atoms with van der Waals surface area (Å²) < 4.78 is 0. The third kappa shape index (κ3) is 4.73. The number of carbonyl (C=O) groups is 1. The lowest BCUT2D eigenvalue weighted by Crippen LogP contribution is -2.53. The van der Waals surface area contributed by atoms with Crippen LogP contribution < -0.4 is 10.6 Å². The molecule has 1 unspecified atom stereocenters. The lowest BCUT2D eigenvalue weighted by Gasteiger charge is -2.38. The Morgan fingerprint density at radius 1 is 1.23 bits per heavy atom. The Balaban J connectivity index is 1.42. The summed E-state index contributed by atoms with van der Waals surface area (Å²) >= 11 is 12.3. The van der Waals surface area contributed by atoms with Gasteiger partial charge in [-0.3, -0.25) is 0 Å². The second-order valence-corrected chi connectivity index (χ2v) is 9.04. The molecule has 1 aliphatic carbocycles. The van der Waals surface area contributed by atoms with Gasteiger partial charge in [0.05, 0.1) is 0 Å². The fraction of sp³-hybridized carbons (Fsp3) is 0.500. The van der Waals surface area contributed by atoms with E-state index in [0.29, 0.717) is 48.7 Å². The summed E-state index contributed by atoms with van der Waals surface area (Å²) in [4.78, 5) is 28.2. The van der Waals surface area contributed by atoms with Gasteiger partial charge in [0.15, 0.2) is 0 Å². The molecule has 0 bridgehead atoms. The van der Waals surface area contributed by atoms with Gasteiger partial charge in [0.1, 0.15) is 12.1 Å². The highest BCUT2D eigenvalue weighted by molar-refractivity contribution is 6.35. The van der Waals surface area contributed by atoms with Gasteiger partial charge in [-0.2, -0.15) is 0 Å². The monoisotopic (exact) mass is 462 g/mol. The van der Waals surface area contributed by atoms with Crippen LogP contribution in [0.5, 0.6) is 0 Å². The number of piperazine rings is 1. The molecule has 1 aromatic carbocycles. The number of hydrogen-bond acceptors (Lipinski definition) is 5. The van der Waals surface area contributed by atoms with Crippen LogP contribution in [0.4, 0.5) is 10.6 Å². The number of halogens is 2. The molecule has 0 saturated carbocycles. The van der Waals surface area contributed by atoms with Crippen molar-refractivity contribution in [2.75, 3.05) is 44.2 Å². The molecule has 2 aromatic rings. The molecule has 2 N–H and O–H groups in total. The number of aryl methyl sites for hydroxylation is 1. The molecule has 1 atom stereocenters. The van der Waals surface area contributed by atoms with Gasteiger partial charge < -0.3 is 20.4 Å². The third-order valence-electron chi connectivity index (χ3n) is 6.15. The number of nitrogens with zero attached hydrogens (tertiary/aromatic N) is 5. The summed E-state index contributed by atoms with van der Waals surface area (Å²) in [5, 5.41) is 1.13. The highest BCUT2D eigenvalue weighted by Gasteiger charge is 2.30. The Morgan fingerprint density at radius 3 is 2.71 bits per heavy atom. The number of urea groups is 1. The summed E-state index contributed by atoms with van der Waals surface area (Å²) in [7, 11) is 0. The molecule has 166 valence electrons. The number of rotatable bonds is 5. The van der Waals surface area contributed by atoms with Crippen molar-refractivity contribution in [1.29, 1.82) is 0 Å². The Morgan fingerprint density at radius 2 is 2.00 bits per heavy atom. The van der Waals surface area contributed by atoms with E-state index in [1.807, 2.05) is 11.0 Å². The fourth-order valence-electron chi connectivity index (χ4n) is 4.44. The van der Waals surface area contributed by atoms with E-state index < -0.39 is 0 Å². The number of amides is 2. The highest BCUT2D eigenvalue weighted by Crippen LogP contribution is 2.37. The topological polar surface area (TPSA) is 78.6 Å². The van der Waals surface area contributed by atoms with E-state index >= 15 is 0 Å². The maximum atomic E-state index is 13.2. The first-order valence-electron chi connectivity index (χ1n) is 10.7. The molecule has 2 aliphatic rings.